The maximum atomic E-state index is 12.3. The number of rotatable bonds is 3. The SMILES string of the molecule is CC[C@H]1CCCCN1C(=O)Nc1ccc(OC)cc1. The number of methoxy groups -OCH3 is 1. The van der Waals surface area contributed by atoms with Crippen molar-refractivity contribution < 1.29 is 9.53 Å². The van der Waals surface area contributed by atoms with E-state index in [1.807, 2.05) is 29.2 Å². The fourth-order valence-corrected chi connectivity index (χ4v) is 2.56. The van der Waals surface area contributed by atoms with E-state index in [2.05, 4.69) is 12.2 Å². The standard InChI is InChI=1S/C15H22N2O2/c1-3-13-6-4-5-11-17(13)15(18)16-12-7-9-14(19-2)10-8-12/h7-10,13H,3-6,11H2,1-2H3,(H,16,18)/t13-/m0/s1. The molecule has 1 aromatic carbocycles. The normalized spacial score (nSPS) is 19.1. The van der Waals surface area contributed by atoms with Crippen molar-refractivity contribution in [3.8, 4) is 5.75 Å². The summed E-state index contributed by atoms with van der Waals surface area (Å²) < 4.78 is 5.10. The van der Waals surface area contributed by atoms with Crippen LogP contribution in [-0.4, -0.2) is 30.6 Å². The number of nitrogens with zero attached hydrogens (tertiary/aromatic N) is 1. The minimum absolute atomic E-state index is 0.0108. The Morgan fingerprint density at radius 2 is 2.11 bits per heavy atom. The molecule has 0 bridgehead atoms. The molecule has 0 aromatic heterocycles. The first-order valence-electron chi connectivity index (χ1n) is 6.96. The van der Waals surface area contributed by atoms with Crippen molar-refractivity contribution >= 4 is 11.7 Å². The van der Waals surface area contributed by atoms with Gasteiger partial charge in [-0.25, -0.2) is 4.79 Å². The molecule has 1 saturated heterocycles. The zero-order valence-electron chi connectivity index (χ0n) is 11.7. The Morgan fingerprint density at radius 1 is 1.37 bits per heavy atom. The average molecular weight is 262 g/mol. The number of carbonyl (C=O) groups excluding carboxylic acids is 1. The molecule has 1 aromatic rings. The molecule has 1 aliphatic rings. The van der Waals surface area contributed by atoms with Crippen LogP contribution in [0.25, 0.3) is 0 Å². The van der Waals surface area contributed by atoms with E-state index < -0.39 is 0 Å². The van der Waals surface area contributed by atoms with E-state index in [4.69, 9.17) is 4.74 Å². The van der Waals surface area contributed by atoms with E-state index in [-0.39, 0.29) is 6.03 Å². The molecule has 1 aliphatic heterocycles. The van der Waals surface area contributed by atoms with Gasteiger partial charge >= 0.3 is 6.03 Å². The molecule has 104 valence electrons. The monoisotopic (exact) mass is 262 g/mol. The molecule has 0 unspecified atom stereocenters. The molecule has 0 aliphatic carbocycles. The lowest BCUT2D eigenvalue weighted by Gasteiger charge is -2.35. The van der Waals surface area contributed by atoms with Gasteiger partial charge in [0, 0.05) is 18.3 Å². The third kappa shape index (κ3) is 3.40. The Kier molecular flexibility index (Phi) is 4.66. The van der Waals surface area contributed by atoms with E-state index in [1.165, 1.54) is 6.42 Å². The van der Waals surface area contributed by atoms with E-state index in [0.29, 0.717) is 6.04 Å². The van der Waals surface area contributed by atoms with Crippen LogP contribution in [0, 0.1) is 0 Å². The molecule has 1 fully saturated rings. The van der Waals surface area contributed by atoms with Gasteiger partial charge in [0.15, 0.2) is 0 Å². The van der Waals surface area contributed by atoms with Gasteiger partial charge in [0.1, 0.15) is 5.75 Å². The maximum Gasteiger partial charge on any atom is 0.322 e. The molecular weight excluding hydrogens is 240 g/mol. The van der Waals surface area contributed by atoms with Gasteiger partial charge in [-0.3, -0.25) is 0 Å². The largest absolute Gasteiger partial charge is 0.497 e. The first-order chi connectivity index (χ1) is 9.24. The summed E-state index contributed by atoms with van der Waals surface area (Å²) in [5, 5.41) is 2.96. The second-order valence-corrected chi connectivity index (χ2v) is 4.91. The topological polar surface area (TPSA) is 41.6 Å². The molecule has 0 spiro atoms. The molecule has 0 saturated carbocycles. The summed E-state index contributed by atoms with van der Waals surface area (Å²) in [6.07, 6.45) is 4.47. The van der Waals surface area contributed by atoms with Crippen LogP contribution in [-0.2, 0) is 0 Å². The summed E-state index contributed by atoms with van der Waals surface area (Å²) in [5.74, 6) is 0.794. The highest BCUT2D eigenvalue weighted by Crippen LogP contribution is 2.21. The number of likely N-dealkylation sites (tertiary alicyclic amines) is 1. The molecule has 2 rings (SSSR count). The van der Waals surface area contributed by atoms with E-state index in [0.717, 1.165) is 37.2 Å². The van der Waals surface area contributed by atoms with Crippen LogP contribution in [0.2, 0.25) is 0 Å². The lowest BCUT2D eigenvalue weighted by Crippen LogP contribution is -2.45. The number of piperidine rings is 1. The van der Waals surface area contributed by atoms with Crippen LogP contribution >= 0.6 is 0 Å². The lowest BCUT2D eigenvalue weighted by atomic mass is 10.0. The zero-order valence-corrected chi connectivity index (χ0v) is 11.7. The Hall–Kier alpha value is -1.71. The summed E-state index contributed by atoms with van der Waals surface area (Å²) in [5.41, 5.74) is 0.811. The number of benzene rings is 1. The van der Waals surface area contributed by atoms with Crippen LogP contribution in [0.5, 0.6) is 5.75 Å². The Morgan fingerprint density at radius 3 is 2.74 bits per heavy atom. The van der Waals surface area contributed by atoms with Gasteiger partial charge in [-0.1, -0.05) is 6.92 Å². The molecule has 0 radical (unpaired) electrons. The van der Waals surface area contributed by atoms with Crippen LogP contribution in [0.1, 0.15) is 32.6 Å². The van der Waals surface area contributed by atoms with Crippen LogP contribution in [0.15, 0.2) is 24.3 Å². The number of hydrogen-bond donors (Lipinski definition) is 1. The highest BCUT2D eigenvalue weighted by molar-refractivity contribution is 5.89. The van der Waals surface area contributed by atoms with Gasteiger partial charge in [-0.05, 0) is 49.9 Å². The number of ether oxygens (including phenoxy) is 1. The fourth-order valence-electron chi connectivity index (χ4n) is 2.56. The molecule has 19 heavy (non-hydrogen) atoms. The predicted octanol–water partition coefficient (Wildman–Crippen LogP) is 3.49. The predicted molar refractivity (Wildman–Crippen MR) is 76.6 cm³/mol. The summed E-state index contributed by atoms with van der Waals surface area (Å²) >= 11 is 0. The summed E-state index contributed by atoms with van der Waals surface area (Å²) in [6.45, 7) is 3.00. The molecule has 2 amide bonds. The zero-order chi connectivity index (χ0) is 13.7. The number of carbonyl (C=O) groups is 1. The third-order valence-corrected chi connectivity index (χ3v) is 3.70. The van der Waals surface area contributed by atoms with Crippen molar-refractivity contribution in [2.24, 2.45) is 0 Å². The highest BCUT2D eigenvalue weighted by Gasteiger charge is 2.25. The number of anilines is 1. The number of hydrogen-bond acceptors (Lipinski definition) is 2. The van der Waals surface area contributed by atoms with Crippen LogP contribution in [0.3, 0.4) is 0 Å². The third-order valence-electron chi connectivity index (χ3n) is 3.70. The van der Waals surface area contributed by atoms with Crippen molar-refractivity contribution in [1.29, 1.82) is 0 Å². The van der Waals surface area contributed by atoms with Gasteiger partial charge in [-0.2, -0.15) is 0 Å². The van der Waals surface area contributed by atoms with E-state index >= 15 is 0 Å². The lowest BCUT2D eigenvalue weighted by molar-refractivity contribution is 0.160. The molecule has 4 heteroatoms. The van der Waals surface area contributed by atoms with Gasteiger partial charge in [0.25, 0.3) is 0 Å². The minimum atomic E-state index is 0.0108. The summed E-state index contributed by atoms with van der Waals surface area (Å²) in [7, 11) is 1.63. The molecule has 1 heterocycles. The fraction of sp³-hybridized carbons (Fsp3) is 0.533. The van der Waals surface area contributed by atoms with Crippen molar-refractivity contribution in [2.75, 3.05) is 19.0 Å². The first-order valence-corrected chi connectivity index (χ1v) is 6.96. The number of nitrogens with one attached hydrogen (secondary N) is 1. The van der Waals surface area contributed by atoms with Crippen molar-refractivity contribution in [1.82, 2.24) is 4.90 Å². The molecule has 1 atom stereocenters. The van der Waals surface area contributed by atoms with Gasteiger partial charge < -0.3 is 15.0 Å². The number of urea groups is 1. The maximum absolute atomic E-state index is 12.3. The quantitative estimate of drug-likeness (QED) is 0.906. The summed E-state index contributed by atoms with van der Waals surface area (Å²) in [6, 6.07) is 7.82. The molecule has 1 N–H and O–H groups in total. The van der Waals surface area contributed by atoms with Crippen molar-refractivity contribution in [2.45, 2.75) is 38.6 Å². The van der Waals surface area contributed by atoms with Gasteiger partial charge in [-0.15, -0.1) is 0 Å². The first kappa shape index (κ1) is 13.7. The van der Waals surface area contributed by atoms with E-state index in [9.17, 15) is 4.79 Å². The van der Waals surface area contributed by atoms with Gasteiger partial charge in [0.05, 0.1) is 7.11 Å². The smallest absolute Gasteiger partial charge is 0.322 e. The second kappa shape index (κ2) is 6.45. The van der Waals surface area contributed by atoms with E-state index in [1.54, 1.807) is 7.11 Å². The van der Waals surface area contributed by atoms with Crippen molar-refractivity contribution in [3.63, 3.8) is 0 Å². The highest BCUT2D eigenvalue weighted by atomic mass is 16.5. The summed E-state index contributed by atoms with van der Waals surface area (Å²) in [4.78, 5) is 14.2. The van der Waals surface area contributed by atoms with Gasteiger partial charge in [0.2, 0.25) is 0 Å². The Labute approximate surface area is 114 Å². The molecular formula is C15H22N2O2. The van der Waals surface area contributed by atoms with Crippen LogP contribution in [0.4, 0.5) is 10.5 Å². The second-order valence-electron chi connectivity index (χ2n) is 4.91. The van der Waals surface area contributed by atoms with Crippen molar-refractivity contribution in [3.05, 3.63) is 24.3 Å². The Balaban J connectivity index is 1.98. The Bertz CT molecular complexity index is 417. The number of amides is 2. The minimum Gasteiger partial charge on any atom is -0.497 e. The van der Waals surface area contributed by atoms with Crippen LogP contribution < -0.4 is 10.1 Å². The average Bonchev–Trinajstić information content (AvgIpc) is 2.48. The molecule has 4 nitrogen and oxygen atoms in total.